The van der Waals surface area contributed by atoms with Gasteiger partial charge in [0.1, 0.15) is 0 Å². The molecule has 6 heterocycles. The molecular weight excluding hydrogens is 1170 g/mol. The second-order valence-corrected chi connectivity index (χ2v) is 25.4. The lowest BCUT2D eigenvalue weighted by Crippen LogP contribution is -2.36. The van der Waals surface area contributed by atoms with Gasteiger partial charge in [-0.3, -0.25) is 9.97 Å². The minimum Gasteiger partial charge on any atom is -0.310 e. The highest BCUT2D eigenvalue weighted by molar-refractivity contribution is 6.10. The van der Waals surface area contributed by atoms with Crippen LogP contribution < -0.4 is 9.80 Å². The predicted molar refractivity (Wildman–Crippen MR) is 381 cm³/mol. The molecule has 4 aliphatic rings. The summed E-state index contributed by atoms with van der Waals surface area (Å²) in [5.74, 6) is 0. The topological polar surface area (TPSA) is 113 Å². The molecule has 9 heteroatoms. The number of rotatable bonds is 5. The first kappa shape index (κ1) is 53.3. The van der Waals surface area contributed by atoms with E-state index in [0.29, 0.717) is 16.7 Å². The number of aromatic nitrogens is 4. The maximum atomic E-state index is 10.8. The number of benzene rings is 12. The Morgan fingerprint density at radius 1 is 0.271 bits per heavy atom. The second kappa shape index (κ2) is 19.8. The van der Waals surface area contributed by atoms with Crippen molar-refractivity contribution in [3.63, 3.8) is 0 Å². The van der Waals surface area contributed by atoms with Crippen LogP contribution in [0.5, 0.6) is 0 Å². The van der Waals surface area contributed by atoms with E-state index in [-0.39, 0.29) is 0 Å². The molecule has 0 fully saturated rings. The molecule has 0 unspecified atom stereocenters. The Hall–Kier alpha value is -13.4. The van der Waals surface area contributed by atoms with E-state index in [9.17, 15) is 15.8 Å². The molecule has 12 aromatic carbocycles. The van der Waals surface area contributed by atoms with Crippen molar-refractivity contribution in [3.05, 3.63) is 359 Å². The Labute approximate surface area is 552 Å². The summed E-state index contributed by atoms with van der Waals surface area (Å²) >= 11 is 0. The number of nitriles is 3. The second-order valence-electron chi connectivity index (χ2n) is 25.4. The summed E-state index contributed by atoms with van der Waals surface area (Å²) in [5.41, 5.74) is 26.9. The zero-order chi connectivity index (χ0) is 63.5. The Kier molecular flexibility index (Phi) is 11.0. The third kappa shape index (κ3) is 6.98. The zero-order valence-electron chi connectivity index (χ0n) is 51.3. The molecule has 0 amide bonds. The highest BCUT2D eigenvalue weighted by atomic mass is 15.2. The van der Waals surface area contributed by atoms with Crippen LogP contribution in [0.3, 0.4) is 0 Å². The maximum absolute atomic E-state index is 10.8. The molecule has 2 spiro atoms. The van der Waals surface area contributed by atoms with Crippen molar-refractivity contribution in [1.29, 1.82) is 15.8 Å². The van der Waals surface area contributed by atoms with Gasteiger partial charge in [-0.1, -0.05) is 146 Å². The normalized spacial score (nSPS) is 13.7. The van der Waals surface area contributed by atoms with Gasteiger partial charge in [0.25, 0.3) is 0 Å². The fraction of sp³-hybridized carbons (Fsp3) is 0.0230. The molecule has 20 rings (SSSR count). The summed E-state index contributed by atoms with van der Waals surface area (Å²) < 4.78 is 4.68. The first-order valence-electron chi connectivity index (χ1n) is 32.2. The van der Waals surface area contributed by atoms with E-state index in [0.717, 1.165) is 167 Å². The van der Waals surface area contributed by atoms with Gasteiger partial charge in [0.2, 0.25) is 0 Å². The molecular formula is C87H49N9. The summed E-state index contributed by atoms with van der Waals surface area (Å²) in [6.07, 6.45) is 7.65. The Balaban J connectivity index is 0.821. The van der Waals surface area contributed by atoms with E-state index in [1.807, 2.05) is 43.0 Å². The molecule has 0 atom stereocenters. The van der Waals surface area contributed by atoms with Crippen molar-refractivity contribution in [1.82, 2.24) is 19.1 Å². The number of nitrogens with zero attached hydrogens (tertiary/aromatic N) is 9. The van der Waals surface area contributed by atoms with Gasteiger partial charge in [0.05, 0.1) is 90.5 Å². The SMILES string of the molecule is N#Cc1ccc2c(c1)C1(c3cc(C#N)ccc3-2)c2ccccc2N(c2cccc(-n3c4ccccc4c4cnccc43)c2)c2cc(-c3ccc4c(c3)C3(c5cc(C#N)ccc5-4)c4ccccc4N(c4cccc(-n5c6ccccc6c6cnccc65)c4)c4ccccc43)ccc21. The van der Waals surface area contributed by atoms with Gasteiger partial charge in [-0.15, -0.1) is 0 Å². The largest absolute Gasteiger partial charge is 0.310 e. The number of fused-ring (bicyclic) bond motifs is 24. The van der Waals surface area contributed by atoms with Crippen LogP contribution in [0.25, 0.3) is 88.4 Å². The van der Waals surface area contributed by atoms with Crippen molar-refractivity contribution in [3.8, 4) is 63.0 Å². The summed E-state index contributed by atoms with van der Waals surface area (Å²) in [5, 5.41) is 36.7. The lowest BCUT2D eigenvalue weighted by atomic mass is 9.64. The third-order valence-corrected chi connectivity index (χ3v) is 20.9. The molecule has 0 N–H and O–H groups in total. The number of anilines is 6. The van der Waals surface area contributed by atoms with Crippen LogP contribution in [-0.4, -0.2) is 19.1 Å². The highest BCUT2D eigenvalue weighted by Gasteiger charge is 2.54. The van der Waals surface area contributed by atoms with Crippen molar-refractivity contribution in [2.75, 3.05) is 9.80 Å². The number of hydrogen-bond donors (Lipinski definition) is 0. The van der Waals surface area contributed by atoms with Gasteiger partial charge >= 0.3 is 0 Å². The van der Waals surface area contributed by atoms with Crippen LogP contribution >= 0.6 is 0 Å². The van der Waals surface area contributed by atoms with Crippen molar-refractivity contribution in [2.24, 2.45) is 0 Å². The average molecular weight is 1220 g/mol. The minimum atomic E-state index is -0.952. The molecule has 9 nitrogen and oxygen atoms in total. The van der Waals surface area contributed by atoms with Crippen LogP contribution in [0.2, 0.25) is 0 Å². The summed E-state index contributed by atoms with van der Waals surface area (Å²) in [4.78, 5) is 14.0. The number of hydrogen-bond acceptors (Lipinski definition) is 7. The fourth-order valence-electron chi connectivity index (χ4n) is 17.2. The van der Waals surface area contributed by atoms with Crippen LogP contribution in [0.4, 0.5) is 34.1 Å². The monoisotopic (exact) mass is 1220 g/mol. The standard InChI is InChI=1S/C87H49N9/c88-48-53-29-34-64-65-35-30-56(44-77(65)86(74(64)41-53)70-19-3-8-24-82(70)95(83-25-9-4-20-71(83)86)60-15-11-13-58(46-60)93-78-22-6-1-17-66(78)68-51-91-39-37-80(68)93)57-31-36-73-85(45-57)96(61-16-12-14-59(47-61)94-79-23-7-2-18-67(79)69-52-92-40-38-81(69)94)84-26-10-5-21-72(84)87(73)75-42-54(49-89)27-32-62(75)63-33-28-55(50-90)43-76(63)87/h1-47,51-52H. The van der Waals surface area contributed by atoms with Gasteiger partial charge in [0.15, 0.2) is 0 Å². The van der Waals surface area contributed by atoms with Crippen molar-refractivity contribution >= 4 is 77.7 Å². The number of para-hydroxylation sites is 5. The lowest BCUT2D eigenvalue weighted by Gasteiger charge is -2.45. The molecule has 2 aliphatic carbocycles. The summed E-state index contributed by atoms with van der Waals surface area (Å²) in [6, 6.07) is 105. The summed E-state index contributed by atoms with van der Waals surface area (Å²) in [7, 11) is 0. The zero-order valence-corrected chi connectivity index (χ0v) is 51.3. The fourth-order valence-corrected chi connectivity index (χ4v) is 17.2. The average Bonchev–Trinajstić information content (AvgIpc) is 1.45. The van der Waals surface area contributed by atoms with Crippen molar-refractivity contribution < 1.29 is 0 Å². The van der Waals surface area contributed by atoms with E-state index >= 15 is 0 Å². The molecule has 442 valence electrons. The molecule has 2 aliphatic heterocycles. The lowest BCUT2D eigenvalue weighted by molar-refractivity contribution is 0.751. The molecule has 96 heavy (non-hydrogen) atoms. The first-order chi connectivity index (χ1) is 47.5. The van der Waals surface area contributed by atoms with Gasteiger partial charge in [-0.05, 0) is 205 Å². The van der Waals surface area contributed by atoms with Crippen LogP contribution in [-0.2, 0) is 10.8 Å². The van der Waals surface area contributed by atoms with Gasteiger partial charge in [-0.2, -0.15) is 15.8 Å². The van der Waals surface area contributed by atoms with Gasteiger partial charge in [0, 0.05) is 69.1 Å². The van der Waals surface area contributed by atoms with E-state index < -0.39 is 10.8 Å². The van der Waals surface area contributed by atoms with Crippen molar-refractivity contribution in [2.45, 2.75) is 10.8 Å². The van der Waals surface area contributed by atoms with Crippen LogP contribution in [0, 0.1) is 34.0 Å². The van der Waals surface area contributed by atoms with E-state index in [4.69, 9.17) is 0 Å². The molecule has 16 aromatic rings. The smallest absolute Gasteiger partial charge is 0.0991 e. The molecule has 0 bridgehead atoms. The quantitative estimate of drug-likeness (QED) is 0.169. The molecule has 0 radical (unpaired) electrons. The predicted octanol–water partition coefficient (Wildman–Crippen LogP) is 20.2. The molecule has 0 saturated carbocycles. The Morgan fingerprint density at radius 2 is 0.635 bits per heavy atom. The van der Waals surface area contributed by atoms with E-state index in [2.05, 4.69) is 302 Å². The van der Waals surface area contributed by atoms with E-state index in [1.165, 1.54) is 0 Å². The van der Waals surface area contributed by atoms with Crippen LogP contribution in [0.1, 0.15) is 61.2 Å². The molecule has 4 aromatic heterocycles. The number of pyridine rings is 2. The first-order valence-corrected chi connectivity index (χ1v) is 32.2. The minimum absolute atomic E-state index is 0.559. The summed E-state index contributed by atoms with van der Waals surface area (Å²) in [6.45, 7) is 0. The maximum Gasteiger partial charge on any atom is 0.0991 e. The van der Waals surface area contributed by atoms with Gasteiger partial charge < -0.3 is 18.9 Å². The third-order valence-electron chi connectivity index (χ3n) is 20.9. The Bertz CT molecular complexity index is 6040. The Morgan fingerprint density at radius 3 is 1.10 bits per heavy atom. The highest BCUT2D eigenvalue weighted by Crippen LogP contribution is 2.66. The van der Waals surface area contributed by atoms with E-state index in [1.54, 1.807) is 0 Å². The van der Waals surface area contributed by atoms with Gasteiger partial charge in [-0.25, -0.2) is 0 Å². The van der Waals surface area contributed by atoms with Crippen LogP contribution in [0.15, 0.2) is 298 Å². The molecule has 0 saturated heterocycles.